The Morgan fingerprint density at radius 1 is 1.10 bits per heavy atom. The van der Waals surface area contributed by atoms with Crippen molar-refractivity contribution in [3.63, 3.8) is 0 Å². The van der Waals surface area contributed by atoms with Crippen molar-refractivity contribution in [2.24, 2.45) is 5.73 Å². The van der Waals surface area contributed by atoms with Crippen LogP contribution in [-0.4, -0.2) is 22.4 Å². The molecule has 0 saturated heterocycles. The van der Waals surface area contributed by atoms with Crippen LogP contribution in [0.25, 0.3) is 0 Å². The topological polar surface area (TPSA) is 63.8 Å². The fourth-order valence-corrected chi connectivity index (χ4v) is 2.71. The number of aromatic nitrogens is 2. The maximum Gasteiger partial charge on any atom is 0.202 e. The maximum absolute atomic E-state index is 5.48. The van der Waals surface area contributed by atoms with Gasteiger partial charge in [-0.3, -0.25) is 0 Å². The minimum atomic E-state index is 0.798. The van der Waals surface area contributed by atoms with Crippen LogP contribution in [0.3, 0.4) is 0 Å². The Morgan fingerprint density at radius 3 is 2.62 bits per heavy atom. The van der Waals surface area contributed by atoms with Crippen LogP contribution in [0.2, 0.25) is 0 Å². The van der Waals surface area contributed by atoms with Gasteiger partial charge in [0.25, 0.3) is 0 Å². The van der Waals surface area contributed by atoms with E-state index in [2.05, 4.69) is 45.9 Å². The molecule has 0 aliphatic heterocycles. The number of nitrogens with zero attached hydrogens (tertiary/aromatic N) is 2. The molecule has 2 rings (SSSR count). The summed E-state index contributed by atoms with van der Waals surface area (Å²) in [5.41, 5.74) is 8.01. The molecule has 1 heterocycles. The van der Waals surface area contributed by atoms with Gasteiger partial charge in [0.1, 0.15) is 5.82 Å². The van der Waals surface area contributed by atoms with Gasteiger partial charge in [0.2, 0.25) is 5.13 Å². The van der Waals surface area contributed by atoms with Crippen LogP contribution in [0, 0.1) is 6.92 Å². The van der Waals surface area contributed by atoms with E-state index in [1.54, 1.807) is 0 Å². The average Bonchev–Trinajstić information content (AvgIpc) is 2.93. The summed E-state index contributed by atoms with van der Waals surface area (Å²) in [6.07, 6.45) is 5.52. The van der Waals surface area contributed by atoms with E-state index in [9.17, 15) is 0 Å². The average molecular weight is 304 g/mol. The van der Waals surface area contributed by atoms with Gasteiger partial charge < -0.3 is 11.1 Å². The number of nitrogens with two attached hydrogens (primary N) is 1. The summed E-state index contributed by atoms with van der Waals surface area (Å²) in [4.78, 5) is 4.54. The number of aryl methyl sites for hydroxylation is 1. The van der Waals surface area contributed by atoms with E-state index in [0.717, 1.165) is 43.3 Å². The first-order chi connectivity index (χ1) is 10.3. The Morgan fingerprint density at radius 2 is 1.86 bits per heavy atom. The highest BCUT2D eigenvalue weighted by Gasteiger charge is 2.04. The molecule has 0 bridgehead atoms. The zero-order chi connectivity index (χ0) is 14.9. The van der Waals surface area contributed by atoms with Crippen LogP contribution < -0.4 is 11.1 Å². The molecule has 0 aliphatic carbocycles. The van der Waals surface area contributed by atoms with Crippen LogP contribution in [0.1, 0.15) is 42.6 Å². The third-order valence-electron chi connectivity index (χ3n) is 3.36. The van der Waals surface area contributed by atoms with Crippen molar-refractivity contribution >= 4 is 16.7 Å². The fourth-order valence-electron chi connectivity index (χ4n) is 2.10. The van der Waals surface area contributed by atoms with E-state index in [1.165, 1.54) is 35.5 Å². The van der Waals surface area contributed by atoms with Crippen molar-refractivity contribution in [1.29, 1.82) is 0 Å². The summed E-state index contributed by atoms with van der Waals surface area (Å²) >= 11 is 1.45. The number of hydrogen-bond donors (Lipinski definition) is 2. The van der Waals surface area contributed by atoms with Crippen molar-refractivity contribution in [3.8, 4) is 0 Å². The minimum absolute atomic E-state index is 0.798. The molecule has 0 unspecified atom stereocenters. The summed E-state index contributed by atoms with van der Waals surface area (Å²) in [7, 11) is 0. The van der Waals surface area contributed by atoms with Gasteiger partial charge >= 0.3 is 0 Å². The predicted octanol–water partition coefficient (Wildman–Crippen LogP) is 3.37. The van der Waals surface area contributed by atoms with E-state index in [-0.39, 0.29) is 0 Å². The highest BCUT2D eigenvalue weighted by Crippen LogP contribution is 2.15. The molecule has 2 aromatic rings. The molecule has 5 heteroatoms. The number of hydrogen-bond acceptors (Lipinski definition) is 5. The van der Waals surface area contributed by atoms with E-state index >= 15 is 0 Å². The molecule has 0 saturated carbocycles. The summed E-state index contributed by atoms with van der Waals surface area (Å²) in [5.74, 6) is 0.898. The van der Waals surface area contributed by atoms with Crippen LogP contribution in [0.4, 0.5) is 5.13 Å². The fraction of sp³-hybridized carbons (Fsp3) is 0.500. The second kappa shape index (κ2) is 8.74. The van der Waals surface area contributed by atoms with Crippen LogP contribution in [-0.2, 0) is 6.42 Å². The quantitative estimate of drug-likeness (QED) is 0.697. The molecule has 114 valence electrons. The van der Waals surface area contributed by atoms with E-state index in [1.807, 2.05) is 0 Å². The summed E-state index contributed by atoms with van der Waals surface area (Å²) in [6.45, 7) is 3.86. The monoisotopic (exact) mass is 304 g/mol. The zero-order valence-electron chi connectivity index (χ0n) is 12.6. The van der Waals surface area contributed by atoms with Crippen LogP contribution >= 0.6 is 11.5 Å². The van der Waals surface area contributed by atoms with Crippen molar-refractivity contribution in [2.75, 3.05) is 18.4 Å². The molecule has 0 radical (unpaired) electrons. The van der Waals surface area contributed by atoms with Gasteiger partial charge in [0.15, 0.2) is 0 Å². The summed E-state index contributed by atoms with van der Waals surface area (Å²) in [5, 5.41) is 4.28. The van der Waals surface area contributed by atoms with Crippen LogP contribution in [0.15, 0.2) is 24.3 Å². The van der Waals surface area contributed by atoms with Crippen LogP contribution in [0.5, 0.6) is 0 Å². The van der Waals surface area contributed by atoms with Gasteiger partial charge in [-0.25, -0.2) is 4.98 Å². The van der Waals surface area contributed by atoms with Crippen molar-refractivity contribution in [1.82, 2.24) is 9.36 Å². The molecule has 3 N–H and O–H groups in total. The highest BCUT2D eigenvalue weighted by molar-refractivity contribution is 7.09. The number of nitrogens with one attached hydrogen (secondary N) is 1. The molecule has 0 spiro atoms. The Hall–Kier alpha value is -1.46. The SMILES string of the molecule is Cc1ccc(Cc2nsc(NCCCCCCN)n2)cc1. The summed E-state index contributed by atoms with van der Waals surface area (Å²) < 4.78 is 4.41. The lowest BCUT2D eigenvalue weighted by Gasteiger charge is -2.01. The standard InChI is InChI=1S/C16H24N4S/c1-13-6-8-14(9-7-13)12-15-19-16(21-20-15)18-11-5-3-2-4-10-17/h6-9H,2-5,10-12,17H2,1H3,(H,18,19,20). The number of rotatable bonds is 9. The van der Waals surface area contributed by atoms with Gasteiger partial charge in [-0.2, -0.15) is 4.37 Å². The number of benzene rings is 1. The Balaban J connectivity index is 1.72. The molecule has 0 fully saturated rings. The summed E-state index contributed by atoms with van der Waals surface area (Å²) in [6, 6.07) is 8.53. The molecular formula is C16H24N4S. The lowest BCUT2D eigenvalue weighted by Crippen LogP contribution is -2.02. The Kier molecular flexibility index (Phi) is 6.63. The Bertz CT molecular complexity index is 521. The first-order valence-corrected chi connectivity index (χ1v) is 8.37. The van der Waals surface area contributed by atoms with Crippen molar-refractivity contribution in [3.05, 3.63) is 41.2 Å². The third-order valence-corrected chi connectivity index (χ3v) is 4.07. The molecule has 1 aromatic carbocycles. The van der Waals surface area contributed by atoms with Gasteiger partial charge in [-0.05, 0) is 31.9 Å². The lowest BCUT2D eigenvalue weighted by molar-refractivity contribution is 0.661. The first-order valence-electron chi connectivity index (χ1n) is 7.60. The van der Waals surface area contributed by atoms with Gasteiger partial charge in [-0.15, -0.1) is 0 Å². The van der Waals surface area contributed by atoms with Crippen molar-refractivity contribution in [2.45, 2.75) is 39.0 Å². The second-order valence-corrected chi connectivity index (χ2v) is 6.06. The molecule has 4 nitrogen and oxygen atoms in total. The number of unbranched alkanes of at least 4 members (excludes halogenated alkanes) is 3. The lowest BCUT2D eigenvalue weighted by atomic mass is 10.1. The normalized spacial score (nSPS) is 10.8. The van der Waals surface area contributed by atoms with Gasteiger partial charge in [0.05, 0.1) is 0 Å². The minimum Gasteiger partial charge on any atom is -0.360 e. The molecule has 1 aromatic heterocycles. The molecule has 21 heavy (non-hydrogen) atoms. The van der Waals surface area contributed by atoms with Gasteiger partial charge in [-0.1, -0.05) is 42.7 Å². The van der Waals surface area contributed by atoms with E-state index in [4.69, 9.17) is 5.73 Å². The van der Waals surface area contributed by atoms with Gasteiger partial charge in [0, 0.05) is 24.5 Å². The Labute approximate surface area is 131 Å². The molecular weight excluding hydrogens is 280 g/mol. The van der Waals surface area contributed by atoms with E-state index in [0.29, 0.717) is 0 Å². The molecule has 0 atom stereocenters. The van der Waals surface area contributed by atoms with E-state index < -0.39 is 0 Å². The van der Waals surface area contributed by atoms with Crippen molar-refractivity contribution < 1.29 is 0 Å². The second-order valence-electron chi connectivity index (χ2n) is 5.31. The smallest absolute Gasteiger partial charge is 0.202 e. The molecule has 0 aliphatic rings. The zero-order valence-corrected chi connectivity index (χ0v) is 13.5. The number of anilines is 1. The first kappa shape index (κ1) is 15.9. The predicted molar refractivity (Wildman–Crippen MR) is 89.9 cm³/mol. The largest absolute Gasteiger partial charge is 0.360 e. The highest BCUT2D eigenvalue weighted by atomic mass is 32.1. The maximum atomic E-state index is 5.48. The molecule has 0 amide bonds. The third kappa shape index (κ3) is 5.81.